The van der Waals surface area contributed by atoms with Crippen LogP contribution in [0.1, 0.15) is 15.9 Å². The second-order valence-corrected chi connectivity index (χ2v) is 9.26. The van der Waals surface area contributed by atoms with Crippen LogP contribution in [-0.4, -0.2) is 33.8 Å². The summed E-state index contributed by atoms with van der Waals surface area (Å²) >= 11 is 0. The number of aryl methyl sites for hydroxylation is 1. The minimum absolute atomic E-state index is 0.0840. The van der Waals surface area contributed by atoms with E-state index in [0.29, 0.717) is 22.6 Å². The normalized spacial score (nSPS) is 13.4. The summed E-state index contributed by atoms with van der Waals surface area (Å²) in [6.07, 6.45) is 0. The van der Waals surface area contributed by atoms with Crippen LogP contribution in [0.3, 0.4) is 0 Å². The Morgan fingerprint density at radius 1 is 0.968 bits per heavy atom. The Labute approximate surface area is 181 Å². The summed E-state index contributed by atoms with van der Waals surface area (Å²) in [6, 6.07) is 20.0. The first-order valence-corrected chi connectivity index (χ1v) is 11.1. The molecule has 0 saturated heterocycles. The lowest BCUT2D eigenvalue weighted by Gasteiger charge is -2.29. The zero-order valence-electron chi connectivity index (χ0n) is 17.1. The molecule has 2 amide bonds. The number of sulfonamides is 1. The van der Waals surface area contributed by atoms with Crippen molar-refractivity contribution in [3.63, 3.8) is 0 Å². The number of fused-ring (bicyclic) bond motifs is 1. The van der Waals surface area contributed by atoms with Crippen LogP contribution in [0.15, 0.2) is 77.7 Å². The average Bonchev–Trinajstić information content (AvgIpc) is 2.78. The maximum absolute atomic E-state index is 13.1. The van der Waals surface area contributed by atoms with Gasteiger partial charge in [-0.3, -0.25) is 18.8 Å². The van der Waals surface area contributed by atoms with Gasteiger partial charge in [-0.25, -0.2) is 8.42 Å². The third-order valence-electron chi connectivity index (χ3n) is 5.17. The van der Waals surface area contributed by atoms with E-state index in [1.807, 2.05) is 6.92 Å². The standard InChI is InChI=1S/C23H21N3O4S/c1-16-7-13-19(14-8-16)31(29,30)25(2)18-11-9-17(10-12-18)23(28)26-15-22(27)24-20-5-3-4-6-21(20)26/h3-14H,15H2,1-2H3,(H,24,27). The Bertz CT molecular complexity index is 1250. The molecule has 0 fully saturated rings. The minimum Gasteiger partial charge on any atom is -0.323 e. The van der Waals surface area contributed by atoms with E-state index in [1.54, 1.807) is 72.8 Å². The summed E-state index contributed by atoms with van der Waals surface area (Å²) in [4.78, 5) is 26.7. The highest BCUT2D eigenvalue weighted by Crippen LogP contribution is 2.30. The van der Waals surface area contributed by atoms with Crippen LogP contribution in [0.25, 0.3) is 0 Å². The molecule has 1 aliphatic heterocycles. The highest BCUT2D eigenvalue weighted by molar-refractivity contribution is 7.92. The van der Waals surface area contributed by atoms with Gasteiger partial charge in [-0.2, -0.15) is 0 Å². The smallest absolute Gasteiger partial charge is 0.264 e. The average molecular weight is 436 g/mol. The molecule has 1 N–H and O–H groups in total. The first-order valence-electron chi connectivity index (χ1n) is 9.64. The van der Waals surface area contributed by atoms with E-state index in [0.717, 1.165) is 5.56 Å². The first kappa shape index (κ1) is 20.6. The van der Waals surface area contributed by atoms with Gasteiger partial charge >= 0.3 is 0 Å². The van der Waals surface area contributed by atoms with E-state index in [-0.39, 0.29) is 23.3 Å². The van der Waals surface area contributed by atoms with Crippen LogP contribution in [0, 0.1) is 6.92 Å². The molecule has 4 rings (SSSR count). The van der Waals surface area contributed by atoms with E-state index >= 15 is 0 Å². The van der Waals surface area contributed by atoms with Crippen molar-refractivity contribution in [2.24, 2.45) is 0 Å². The molecule has 3 aromatic rings. The topological polar surface area (TPSA) is 86.8 Å². The fraction of sp³-hybridized carbons (Fsp3) is 0.130. The molecule has 1 aliphatic rings. The third-order valence-corrected chi connectivity index (χ3v) is 6.97. The van der Waals surface area contributed by atoms with Crippen molar-refractivity contribution >= 4 is 38.9 Å². The van der Waals surface area contributed by atoms with Crippen LogP contribution in [-0.2, 0) is 14.8 Å². The van der Waals surface area contributed by atoms with Crippen LogP contribution in [0.2, 0.25) is 0 Å². The van der Waals surface area contributed by atoms with Crippen LogP contribution in [0.4, 0.5) is 17.1 Å². The Balaban J connectivity index is 1.59. The number of nitrogens with zero attached hydrogens (tertiary/aromatic N) is 2. The van der Waals surface area contributed by atoms with E-state index in [1.165, 1.54) is 16.3 Å². The lowest BCUT2D eigenvalue weighted by atomic mass is 10.1. The second kappa shape index (κ2) is 7.88. The predicted octanol–water partition coefficient (Wildman–Crippen LogP) is 3.42. The van der Waals surface area contributed by atoms with E-state index in [2.05, 4.69) is 5.32 Å². The molecule has 0 unspecified atom stereocenters. The van der Waals surface area contributed by atoms with Crippen molar-refractivity contribution < 1.29 is 18.0 Å². The lowest BCUT2D eigenvalue weighted by Crippen LogP contribution is -2.42. The number of rotatable bonds is 4. The molecule has 31 heavy (non-hydrogen) atoms. The molecule has 0 atom stereocenters. The zero-order valence-corrected chi connectivity index (χ0v) is 17.9. The maximum Gasteiger partial charge on any atom is 0.264 e. The van der Waals surface area contributed by atoms with Gasteiger partial charge in [0.05, 0.1) is 22.0 Å². The number of benzene rings is 3. The molecular formula is C23H21N3O4S. The Morgan fingerprint density at radius 2 is 1.61 bits per heavy atom. The number of para-hydroxylation sites is 2. The van der Waals surface area contributed by atoms with Gasteiger partial charge in [0.1, 0.15) is 6.54 Å². The van der Waals surface area contributed by atoms with E-state index in [4.69, 9.17) is 0 Å². The molecule has 0 spiro atoms. The van der Waals surface area contributed by atoms with Gasteiger partial charge in [-0.05, 0) is 55.5 Å². The third kappa shape index (κ3) is 3.89. The molecule has 0 saturated carbocycles. The van der Waals surface area contributed by atoms with Gasteiger partial charge < -0.3 is 5.32 Å². The van der Waals surface area contributed by atoms with Gasteiger partial charge in [0.2, 0.25) is 5.91 Å². The van der Waals surface area contributed by atoms with Gasteiger partial charge in [0, 0.05) is 12.6 Å². The molecule has 158 valence electrons. The van der Waals surface area contributed by atoms with Crippen LogP contribution < -0.4 is 14.5 Å². The second-order valence-electron chi connectivity index (χ2n) is 7.29. The van der Waals surface area contributed by atoms with Crippen LogP contribution >= 0.6 is 0 Å². The minimum atomic E-state index is -3.72. The zero-order chi connectivity index (χ0) is 22.2. The fourth-order valence-electron chi connectivity index (χ4n) is 3.39. The molecule has 3 aromatic carbocycles. The van der Waals surface area contributed by atoms with Gasteiger partial charge in [0.15, 0.2) is 0 Å². The van der Waals surface area contributed by atoms with Crippen molar-refractivity contribution in [2.75, 3.05) is 28.1 Å². The van der Waals surface area contributed by atoms with Crippen LogP contribution in [0.5, 0.6) is 0 Å². The maximum atomic E-state index is 13.1. The van der Waals surface area contributed by atoms with Crippen molar-refractivity contribution in [1.29, 1.82) is 0 Å². The molecule has 0 radical (unpaired) electrons. The number of carbonyl (C=O) groups excluding carboxylic acids is 2. The van der Waals surface area contributed by atoms with Crippen molar-refractivity contribution in [1.82, 2.24) is 0 Å². The highest BCUT2D eigenvalue weighted by Gasteiger charge is 2.28. The van der Waals surface area contributed by atoms with Gasteiger partial charge in [-0.15, -0.1) is 0 Å². The summed E-state index contributed by atoms with van der Waals surface area (Å²) in [7, 11) is -2.26. The molecule has 8 heteroatoms. The van der Waals surface area contributed by atoms with Gasteiger partial charge in [-0.1, -0.05) is 29.8 Å². The van der Waals surface area contributed by atoms with E-state index in [9.17, 15) is 18.0 Å². The SMILES string of the molecule is Cc1ccc(S(=O)(=O)N(C)c2ccc(C(=O)N3CC(=O)Nc4ccccc43)cc2)cc1. The molecule has 7 nitrogen and oxygen atoms in total. The number of amides is 2. The Morgan fingerprint density at radius 3 is 2.29 bits per heavy atom. The summed E-state index contributed by atoms with van der Waals surface area (Å²) in [5, 5.41) is 2.75. The number of carbonyl (C=O) groups is 2. The van der Waals surface area contributed by atoms with Crippen molar-refractivity contribution in [2.45, 2.75) is 11.8 Å². The molecule has 0 aromatic heterocycles. The quantitative estimate of drug-likeness (QED) is 0.680. The highest BCUT2D eigenvalue weighted by atomic mass is 32.2. The van der Waals surface area contributed by atoms with Crippen molar-refractivity contribution in [3.8, 4) is 0 Å². The van der Waals surface area contributed by atoms with Gasteiger partial charge in [0.25, 0.3) is 15.9 Å². The van der Waals surface area contributed by atoms with E-state index < -0.39 is 10.0 Å². The monoisotopic (exact) mass is 435 g/mol. The molecular weight excluding hydrogens is 414 g/mol. The Hall–Kier alpha value is -3.65. The largest absolute Gasteiger partial charge is 0.323 e. The Kier molecular flexibility index (Phi) is 5.24. The molecule has 1 heterocycles. The first-order chi connectivity index (χ1) is 14.8. The number of anilines is 3. The number of hydrogen-bond donors (Lipinski definition) is 1. The summed E-state index contributed by atoms with van der Waals surface area (Å²) in [5.41, 5.74) is 2.95. The summed E-state index contributed by atoms with van der Waals surface area (Å²) in [6.45, 7) is 1.81. The fourth-order valence-corrected chi connectivity index (χ4v) is 4.59. The summed E-state index contributed by atoms with van der Waals surface area (Å²) in [5.74, 6) is -0.606. The number of nitrogens with one attached hydrogen (secondary N) is 1. The predicted molar refractivity (Wildman–Crippen MR) is 120 cm³/mol. The molecule has 0 aliphatic carbocycles. The molecule has 0 bridgehead atoms. The number of hydrogen-bond acceptors (Lipinski definition) is 4. The summed E-state index contributed by atoms with van der Waals surface area (Å²) < 4.78 is 27.0. The lowest BCUT2D eigenvalue weighted by molar-refractivity contribution is -0.115. The van der Waals surface area contributed by atoms with Crippen molar-refractivity contribution in [3.05, 3.63) is 83.9 Å².